The molecule has 31 heavy (non-hydrogen) atoms. The maximum absolute atomic E-state index is 12.9. The summed E-state index contributed by atoms with van der Waals surface area (Å²) in [6.45, 7) is 1.91. The predicted molar refractivity (Wildman–Crippen MR) is 119 cm³/mol. The van der Waals surface area contributed by atoms with Crippen LogP contribution in [-0.2, 0) is 9.84 Å². The Balaban J connectivity index is 1.74. The van der Waals surface area contributed by atoms with Crippen LogP contribution >= 0.6 is 11.6 Å². The lowest BCUT2D eigenvalue weighted by atomic mass is 10.1. The summed E-state index contributed by atoms with van der Waals surface area (Å²) < 4.78 is 31.0. The Morgan fingerprint density at radius 1 is 0.968 bits per heavy atom. The van der Waals surface area contributed by atoms with E-state index in [1.165, 1.54) is 48.5 Å². The van der Waals surface area contributed by atoms with E-state index >= 15 is 0 Å². The number of carbonyl (C=O) groups excluding carboxylic acids is 1. The van der Waals surface area contributed by atoms with E-state index in [0.717, 1.165) is 5.56 Å². The fourth-order valence-electron chi connectivity index (χ4n) is 3.10. The largest absolute Gasteiger partial charge is 0.422 e. The van der Waals surface area contributed by atoms with Gasteiger partial charge < -0.3 is 9.73 Å². The van der Waals surface area contributed by atoms with Crippen molar-refractivity contribution in [2.24, 2.45) is 0 Å². The molecule has 1 N–H and O–H groups in total. The molecule has 1 heterocycles. The summed E-state index contributed by atoms with van der Waals surface area (Å²) in [5.41, 5.74) is 1.11. The van der Waals surface area contributed by atoms with Crippen LogP contribution in [0.1, 0.15) is 15.9 Å². The molecule has 0 aliphatic rings. The third-order valence-corrected chi connectivity index (χ3v) is 6.66. The van der Waals surface area contributed by atoms with Crippen molar-refractivity contribution in [2.45, 2.75) is 16.7 Å². The van der Waals surface area contributed by atoms with Gasteiger partial charge in [-0.15, -0.1) is 0 Å². The van der Waals surface area contributed by atoms with Gasteiger partial charge >= 0.3 is 5.63 Å². The molecule has 8 heteroatoms. The Kier molecular flexibility index (Phi) is 5.39. The fourth-order valence-corrected chi connectivity index (χ4v) is 4.52. The number of anilines is 1. The van der Waals surface area contributed by atoms with Crippen molar-refractivity contribution < 1.29 is 17.6 Å². The summed E-state index contributed by atoms with van der Waals surface area (Å²) >= 11 is 5.82. The third-order valence-electron chi connectivity index (χ3n) is 4.65. The molecule has 0 atom stereocenters. The predicted octanol–water partition coefficient (Wildman–Crippen LogP) is 4.84. The van der Waals surface area contributed by atoms with Crippen LogP contribution in [0.4, 0.5) is 5.69 Å². The number of fused-ring (bicyclic) bond motifs is 1. The molecule has 0 saturated carbocycles. The highest BCUT2D eigenvalue weighted by atomic mass is 35.5. The Morgan fingerprint density at radius 3 is 2.42 bits per heavy atom. The molecule has 0 aliphatic heterocycles. The topological polar surface area (TPSA) is 93.4 Å². The number of carbonyl (C=O) groups is 1. The van der Waals surface area contributed by atoms with E-state index in [9.17, 15) is 18.0 Å². The molecule has 0 spiro atoms. The van der Waals surface area contributed by atoms with E-state index in [4.69, 9.17) is 16.0 Å². The van der Waals surface area contributed by atoms with E-state index in [0.29, 0.717) is 16.1 Å². The first-order valence-corrected chi connectivity index (χ1v) is 11.1. The average Bonchev–Trinajstić information content (AvgIpc) is 2.73. The Bertz CT molecular complexity index is 1470. The second kappa shape index (κ2) is 8.02. The summed E-state index contributed by atoms with van der Waals surface area (Å²) in [4.78, 5) is 24.4. The quantitative estimate of drug-likeness (QED) is 0.446. The average molecular weight is 454 g/mol. The first-order chi connectivity index (χ1) is 14.7. The van der Waals surface area contributed by atoms with Crippen LogP contribution < -0.4 is 10.9 Å². The molecule has 0 fully saturated rings. The lowest BCUT2D eigenvalue weighted by molar-refractivity contribution is 0.102. The van der Waals surface area contributed by atoms with Gasteiger partial charge in [0.25, 0.3) is 5.91 Å². The molecule has 6 nitrogen and oxygen atoms in total. The van der Waals surface area contributed by atoms with Crippen molar-refractivity contribution in [2.75, 3.05) is 5.32 Å². The van der Waals surface area contributed by atoms with Crippen LogP contribution in [-0.4, -0.2) is 14.3 Å². The standard InChI is InChI=1S/C23H16ClNO5S/c1-14-3-2-4-18(11-14)25-22(26)15-5-10-20-16(12-15)13-21(23(27)30-20)31(28,29)19-8-6-17(24)7-9-19/h2-13H,1H3,(H,25,26). The number of amides is 1. The number of hydrogen-bond acceptors (Lipinski definition) is 5. The summed E-state index contributed by atoms with van der Waals surface area (Å²) in [5.74, 6) is -0.374. The zero-order valence-electron chi connectivity index (χ0n) is 16.3. The molecule has 0 radical (unpaired) electrons. The summed E-state index contributed by atoms with van der Waals surface area (Å²) in [7, 11) is -4.13. The van der Waals surface area contributed by atoms with Gasteiger partial charge in [0.1, 0.15) is 5.58 Å². The highest BCUT2D eigenvalue weighted by molar-refractivity contribution is 7.91. The maximum atomic E-state index is 12.9. The number of rotatable bonds is 4. The van der Waals surface area contributed by atoms with Gasteiger partial charge in [-0.3, -0.25) is 4.79 Å². The monoisotopic (exact) mass is 453 g/mol. The molecular weight excluding hydrogens is 438 g/mol. The summed E-state index contributed by atoms with van der Waals surface area (Å²) in [6.07, 6.45) is 0. The first kappa shape index (κ1) is 20.8. The highest BCUT2D eigenvalue weighted by Crippen LogP contribution is 2.24. The molecule has 1 aromatic heterocycles. The van der Waals surface area contributed by atoms with Crippen LogP contribution in [0.15, 0.2) is 91.8 Å². The zero-order chi connectivity index (χ0) is 22.2. The highest BCUT2D eigenvalue weighted by Gasteiger charge is 2.23. The van der Waals surface area contributed by atoms with Crippen LogP contribution in [0.5, 0.6) is 0 Å². The Hall–Kier alpha value is -3.42. The van der Waals surface area contributed by atoms with Gasteiger partial charge in [-0.05, 0) is 73.2 Å². The number of aryl methyl sites for hydroxylation is 1. The van der Waals surface area contributed by atoms with Crippen LogP contribution in [0, 0.1) is 6.92 Å². The van der Waals surface area contributed by atoms with Gasteiger partial charge in [0, 0.05) is 21.7 Å². The van der Waals surface area contributed by atoms with Gasteiger partial charge in [0.05, 0.1) is 4.90 Å². The molecule has 4 rings (SSSR count). The SMILES string of the molecule is Cc1cccc(NC(=O)c2ccc3oc(=O)c(S(=O)(=O)c4ccc(Cl)cc4)cc3c2)c1. The number of benzene rings is 3. The minimum atomic E-state index is -4.13. The second-order valence-electron chi connectivity index (χ2n) is 6.93. The van der Waals surface area contributed by atoms with Gasteiger partial charge in [0.2, 0.25) is 9.84 Å². The van der Waals surface area contributed by atoms with Crippen molar-refractivity contribution in [1.29, 1.82) is 0 Å². The van der Waals surface area contributed by atoms with Crippen molar-refractivity contribution >= 4 is 44.0 Å². The number of sulfone groups is 1. The second-order valence-corrected chi connectivity index (χ2v) is 9.29. The minimum absolute atomic E-state index is 0.0862. The van der Waals surface area contributed by atoms with Crippen LogP contribution in [0.3, 0.4) is 0 Å². The fraction of sp³-hybridized carbons (Fsp3) is 0.0435. The number of nitrogens with one attached hydrogen (secondary N) is 1. The lowest BCUT2D eigenvalue weighted by Gasteiger charge is -2.08. The molecule has 0 bridgehead atoms. The Morgan fingerprint density at radius 2 is 1.71 bits per heavy atom. The molecule has 0 unspecified atom stereocenters. The molecule has 4 aromatic rings. The van der Waals surface area contributed by atoms with Crippen molar-refractivity contribution in [1.82, 2.24) is 0 Å². The first-order valence-electron chi connectivity index (χ1n) is 9.21. The summed E-state index contributed by atoms with van der Waals surface area (Å²) in [6, 6.07) is 18.5. The van der Waals surface area contributed by atoms with Crippen molar-refractivity contribution in [3.8, 4) is 0 Å². The molecule has 3 aromatic carbocycles. The molecule has 0 saturated heterocycles. The molecule has 156 valence electrons. The van der Waals surface area contributed by atoms with Gasteiger partial charge in [-0.25, -0.2) is 13.2 Å². The Labute approximate surface area is 183 Å². The molecule has 1 amide bonds. The van der Waals surface area contributed by atoms with E-state index in [1.807, 2.05) is 25.1 Å². The van der Waals surface area contributed by atoms with Gasteiger partial charge in [-0.2, -0.15) is 0 Å². The van der Waals surface area contributed by atoms with Gasteiger partial charge in [0.15, 0.2) is 4.90 Å². The normalized spacial score (nSPS) is 11.4. The summed E-state index contributed by atoms with van der Waals surface area (Å²) in [5, 5.41) is 3.47. The van der Waals surface area contributed by atoms with Crippen LogP contribution in [0.25, 0.3) is 11.0 Å². The smallest absolute Gasteiger partial charge is 0.355 e. The van der Waals surface area contributed by atoms with Crippen molar-refractivity contribution in [3.63, 3.8) is 0 Å². The molecular formula is C23H16ClNO5S. The van der Waals surface area contributed by atoms with E-state index in [2.05, 4.69) is 5.32 Å². The maximum Gasteiger partial charge on any atom is 0.355 e. The zero-order valence-corrected chi connectivity index (χ0v) is 17.8. The van der Waals surface area contributed by atoms with Gasteiger partial charge in [-0.1, -0.05) is 23.7 Å². The minimum Gasteiger partial charge on any atom is -0.422 e. The number of hydrogen-bond donors (Lipinski definition) is 1. The lowest BCUT2D eigenvalue weighted by Crippen LogP contribution is -2.15. The van der Waals surface area contributed by atoms with E-state index < -0.39 is 20.4 Å². The van der Waals surface area contributed by atoms with Crippen LogP contribution in [0.2, 0.25) is 5.02 Å². The van der Waals surface area contributed by atoms with E-state index in [1.54, 1.807) is 6.07 Å². The third kappa shape index (κ3) is 4.23. The van der Waals surface area contributed by atoms with Crippen molar-refractivity contribution in [3.05, 3.63) is 99.4 Å². The number of halogens is 1. The molecule has 0 aliphatic carbocycles. The van der Waals surface area contributed by atoms with E-state index in [-0.39, 0.29) is 21.9 Å².